The average Bonchev–Trinajstić information content (AvgIpc) is 2.88. The number of likely N-dealkylation sites (tertiary alicyclic amines) is 1. The summed E-state index contributed by atoms with van der Waals surface area (Å²) in [6.45, 7) is 1.39. The number of hydrogen-bond acceptors (Lipinski definition) is 3. The summed E-state index contributed by atoms with van der Waals surface area (Å²) in [5, 5.41) is 14.4. The second-order valence-electron chi connectivity index (χ2n) is 7.56. The molecule has 25 heavy (non-hydrogen) atoms. The lowest BCUT2D eigenvalue weighted by molar-refractivity contribution is -0.157. The molecule has 0 aromatic heterocycles. The predicted molar refractivity (Wildman–Crippen MR) is 95.5 cm³/mol. The molecule has 5 heteroatoms. The molecule has 0 bridgehead atoms. The van der Waals surface area contributed by atoms with Crippen molar-refractivity contribution in [3.8, 4) is 0 Å². The number of amides is 1. The van der Waals surface area contributed by atoms with Crippen LogP contribution in [0.15, 0.2) is 24.3 Å². The molecule has 4 nitrogen and oxygen atoms in total. The molecule has 1 saturated heterocycles. The monoisotopic (exact) mass is 348 g/mol. The van der Waals surface area contributed by atoms with Gasteiger partial charge in [-0.25, -0.2) is 4.39 Å². The summed E-state index contributed by atoms with van der Waals surface area (Å²) < 4.78 is 13.0. The largest absolute Gasteiger partial charge is 0.379 e. The zero-order chi connectivity index (χ0) is 17.7. The van der Waals surface area contributed by atoms with E-state index in [1.807, 2.05) is 0 Å². The standard InChI is InChI=1S/C20H29FN2O2/c21-17-10-8-16(9-11-17)14-23-13-5-12-20(25,19(23)24)15-22-18-6-3-1-2-4-7-18/h8-11,18,22,25H,1-7,12-15H2/t20-/m0/s1. The number of carbonyl (C=O) groups excluding carboxylic acids is 1. The molecule has 1 aliphatic carbocycles. The van der Waals surface area contributed by atoms with Gasteiger partial charge in [0.25, 0.3) is 5.91 Å². The number of halogens is 1. The zero-order valence-electron chi connectivity index (χ0n) is 14.8. The highest BCUT2D eigenvalue weighted by Gasteiger charge is 2.42. The highest BCUT2D eigenvalue weighted by atomic mass is 19.1. The summed E-state index contributed by atoms with van der Waals surface area (Å²) in [6, 6.07) is 6.61. The van der Waals surface area contributed by atoms with Gasteiger partial charge in [0, 0.05) is 25.7 Å². The van der Waals surface area contributed by atoms with Gasteiger partial charge < -0.3 is 15.3 Å². The molecule has 1 heterocycles. The van der Waals surface area contributed by atoms with Crippen LogP contribution >= 0.6 is 0 Å². The summed E-state index contributed by atoms with van der Waals surface area (Å²) in [6.07, 6.45) is 8.56. The van der Waals surface area contributed by atoms with Crippen LogP contribution in [0, 0.1) is 5.82 Å². The molecule has 1 aromatic carbocycles. The molecule has 3 rings (SSSR count). The number of hydrogen-bond donors (Lipinski definition) is 2. The Labute approximate surface area is 149 Å². The van der Waals surface area contributed by atoms with E-state index in [-0.39, 0.29) is 11.7 Å². The molecule has 1 aromatic rings. The van der Waals surface area contributed by atoms with E-state index in [1.54, 1.807) is 17.0 Å². The van der Waals surface area contributed by atoms with Gasteiger partial charge >= 0.3 is 0 Å². The summed E-state index contributed by atoms with van der Waals surface area (Å²) in [5.74, 6) is -0.484. The SMILES string of the molecule is O=C1N(Cc2ccc(F)cc2)CCC[C@]1(O)CNC1CCCCCC1. The Hall–Kier alpha value is -1.46. The first-order chi connectivity index (χ1) is 12.1. The molecule has 1 atom stereocenters. The van der Waals surface area contributed by atoms with E-state index in [0.717, 1.165) is 24.8 Å². The maximum Gasteiger partial charge on any atom is 0.256 e. The zero-order valence-corrected chi connectivity index (χ0v) is 14.8. The Morgan fingerprint density at radius 3 is 2.48 bits per heavy atom. The van der Waals surface area contributed by atoms with Crippen LogP contribution in [-0.4, -0.2) is 40.6 Å². The quantitative estimate of drug-likeness (QED) is 0.805. The Morgan fingerprint density at radius 1 is 1.12 bits per heavy atom. The molecular weight excluding hydrogens is 319 g/mol. The van der Waals surface area contributed by atoms with Crippen molar-refractivity contribution in [2.24, 2.45) is 0 Å². The second-order valence-corrected chi connectivity index (χ2v) is 7.56. The number of rotatable bonds is 5. The van der Waals surface area contributed by atoms with Crippen LogP contribution in [0.5, 0.6) is 0 Å². The van der Waals surface area contributed by atoms with Gasteiger partial charge in [-0.2, -0.15) is 0 Å². The fourth-order valence-electron chi connectivity index (χ4n) is 3.99. The Balaban J connectivity index is 1.58. The third kappa shape index (κ3) is 4.79. The first-order valence-corrected chi connectivity index (χ1v) is 9.56. The lowest BCUT2D eigenvalue weighted by Crippen LogP contribution is -2.58. The number of benzene rings is 1. The summed E-state index contributed by atoms with van der Waals surface area (Å²) >= 11 is 0. The van der Waals surface area contributed by atoms with Crippen LogP contribution in [0.1, 0.15) is 56.9 Å². The minimum Gasteiger partial charge on any atom is -0.379 e. The summed E-state index contributed by atoms with van der Waals surface area (Å²) in [7, 11) is 0. The molecule has 2 N–H and O–H groups in total. The molecule has 0 spiro atoms. The third-order valence-corrected chi connectivity index (χ3v) is 5.53. The first kappa shape index (κ1) is 18.3. The van der Waals surface area contributed by atoms with Crippen molar-refractivity contribution in [2.75, 3.05) is 13.1 Å². The molecule has 0 radical (unpaired) electrons. The van der Waals surface area contributed by atoms with Crippen molar-refractivity contribution >= 4 is 5.91 Å². The lowest BCUT2D eigenvalue weighted by atomic mass is 9.90. The smallest absolute Gasteiger partial charge is 0.256 e. The van der Waals surface area contributed by atoms with Gasteiger partial charge in [0.1, 0.15) is 5.82 Å². The van der Waals surface area contributed by atoms with Gasteiger partial charge in [0.15, 0.2) is 5.60 Å². The number of nitrogens with one attached hydrogen (secondary N) is 1. The van der Waals surface area contributed by atoms with Crippen LogP contribution in [0.25, 0.3) is 0 Å². The van der Waals surface area contributed by atoms with E-state index in [0.29, 0.717) is 32.1 Å². The molecular formula is C20H29FN2O2. The van der Waals surface area contributed by atoms with Crippen LogP contribution in [-0.2, 0) is 11.3 Å². The van der Waals surface area contributed by atoms with Crippen molar-refractivity contribution in [1.29, 1.82) is 0 Å². The third-order valence-electron chi connectivity index (χ3n) is 5.53. The minimum absolute atomic E-state index is 0.204. The number of nitrogens with zero attached hydrogens (tertiary/aromatic N) is 1. The molecule has 1 amide bonds. The van der Waals surface area contributed by atoms with Crippen LogP contribution < -0.4 is 5.32 Å². The van der Waals surface area contributed by atoms with Crippen LogP contribution in [0.3, 0.4) is 0 Å². The van der Waals surface area contributed by atoms with E-state index in [4.69, 9.17) is 0 Å². The fourth-order valence-corrected chi connectivity index (χ4v) is 3.99. The molecule has 0 unspecified atom stereocenters. The fraction of sp³-hybridized carbons (Fsp3) is 0.650. The summed E-state index contributed by atoms with van der Waals surface area (Å²) in [5.41, 5.74) is -0.430. The minimum atomic E-state index is -1.31. The molecule has 1 saturated carbocycles. The maximum atomic E-state index is 13.0. The molecule has 1 aliphatic heterocycles. The van der Waals surface area contributed by atoms with Gasteiger partial charge in [-0.15, -0.1) is 0 Å². The van der Waals surface area contributed by atoms with E-state index in [2.05, 4.69) is 5.32 Å². The number of carbonyl (C=O) groups is 1. The van der Waals surface area contributed by atoms with E-state index < -0.39 is 5.60 Å². The Kier molecular flexibility index (Phi) is 6.07. The topological polar surface area (TPSA) is 52.6 Å². The van der Waals surface area contributed by atoms with Gasteiger partial charge in [0.2, 0.25) is 0 Å². The average molecular weight is 348 g/mol. The molecule has 2 aliphatic rings. The maximum absolute atomic E-state index is 13.0. The van der Waals surface area contributed by atoms with Gasteiger partial charge in [0.05, 0.1) is 0 Å². The number of piperidine rings is 1. The lowest BCUT2D eigenvalue weighted by Gasteiger charge is -2.39. The van der Waals surface area contributed by atoms with Crippen molar-refractivity contribution in [1.82, 2.24) is 10.2 Å². The predicted octanol–water partition coefficient (Wildman–Crippen LogP) is 2.99. The molecule has 138 valence electrons. The van der Waals surface area contributed by atoms with Crippen LogP contribution in [0.4, 0.5) is 4.39 Å². The number of aliphatic hydroxyl groups is 1. The van der Waals surface area contributed by atoms with Crippen molar-refractivity contribution in [3.05, 3.63) is 35.6 Å². The van der Waals surface area contributed by atoms with Gasteiger partial charge in [-0.1, -0.05) is 37.8 Å². The van der Waals surface area contributed by atoms with E-state index >= 15 is 0 Å². The van der Waals surface area contributed by atoms with Crippen LogP contribution in [0.2, 0.25) is 0 Å². The van der Waals surface area contributed by atoms with Crippen molar-refractivity contribution < 1.29 is 14.3 Å². The summed E-state index contributed by atoms with van der Waals surface area (Å²) in [4.78, 5) is 14.5. The van der Waals surface area contributed by atoms with Gasteiger partial charge in [-0.3, -0.25) is 4.79 Å². The first-order valence-electron chi connectivity index (χ1n) is 9.56. The Bertz CT molecular complexity index is 570. The normalized spacial score (nSPS) is 25.8. The van der Waals surface area contributed by atoms with E-state index in [1.165, 1.54) is 37.8 Å². The van der Waals surface area contributed by atoms with Crippen molar-refractivity contribution in [2.45, 2.75) is 69.6 Å². The van der Waals surface area contributed by atoms with E-state index in [9.17, 15) is 14.3 Å². The highest BCUT2D eigenvalue weighted by Crippen LogP contribution is 2.25. The Morgan fingerprint density at radius 2 is 1.80 bits per heavy atom. The molecule has 2 fully saturated rings. The van der Waals surface area contributed by atoms with Crippen molar-refractivity contribution in [3.63, 3.8) is 0 Å². The second kappa shape index (κ2) is 8.28. The highest BCUT2D eigenvalue weighted by molar-refractivity contribution is 5.86. The van der Waals surface area contributed by atoms with Gasteiger partial charge in [-0.05, 0) is 43.4 Å².